The fourth-order valence-electron chi connectivity index (χ4n) is 2.22. The lowest BCUT2D eigenvalue weighted by molar-refractivity contribution is -0.239. The molecule has 0 saturated carbocycles. The smallest absolute Gasteiger partial charge is 0.171 e. The lowest BCUT2D eigenvalue weighted by Gasteiger charge is -2.38. The number of fused-ring (bicyclic) bond motifs is 2. The average molecular weight is 172 g/mol. The van der Waals surface area contributed by atoms with Crippen molar-refractivity contribution in [2.45, 2.75) is 44.7 Å². The zero-order valence-electron chi connectivity index (χ0n) is 7.62. The summed E-state index contributed by atoms with van der Waals surface area (Å²) in [6.07, 6.45) is 1.26. The summed E-state index contributed by atoms with van der Waals surface area (Å²) in [6.45, 7) is 4.70. The monoisotopic (exact) mass is 172 g/mol. The highest BCUT2D eigenvalue weighted by atomic mass is 16.8. The lowest BCUT2D eigenvalue weighted by Crippen LogP contribution is -2.46. The van der Waals surface area contributed by atoms with Crippen LogP contribution in [0.25, 0.3) is 0 Å². The molecular weight excluding hydrogens is 156 g/mol. The van der Waals surface area contributed by atoms with Gasteiger partial charge >= 0.3 is 0 Å². The molecule has 1 N–H and O–H groups in total. The molecule has 3 nitrogen and oxygen atoms in total. The van der Waals surface area contributed by atoms with Crippen molar-refractivity contribution in [1.82, 2.24) is 0 Å². The van der Waals surface area contributed by atoms with E-state index in [2.05, 4.69) is 13.8 Å². The van der Waals surface area contributed by atoms with Crippen molar-refractivity contribution in [3.05, 3.63) is 0 Å². The van der Waals surface area contributed by atoms with Gasteiger partial charge in [-0.25, -0.2) is 0 Å². The van der Waals surface area contributed by atoms with E-state index in [-0.39, 0.29) is 18.0 Å². The highest BCUT2D eigenvalue weighted by Gasteiger charge is 2.51. The fourth-order valence-corrected chi connectivity index (χ4v) is 2.22. The van der Waals surface area contributed by atoms with Gasteiger partial charge in [-0.3, -0.25) is 0 Å². The van der Waals surface area contributed by atoms with Gasteiger partial charge in [-0.15, -0.1) is 0 Å². The Kier molecular flexibility index (Phi) is 1.90. The minimum atomic E-state index is -0.385. The topological polar surface area (TPSA) is 38.7 Å². The molecule has 2 aliphatic rings. The van der Waals surface area contributed by atoms with Crippen LogP contribution in [0, 0.1) is 5.92 Å². The molecule has 0 amide bonds. The van der Waals surface area contributed by atoms with E-state index in [9.17, 15) is 5.11 Å². The molecule has 2 bridgehead atoms. The molecule has 2 aliphatic heterocycles. The maximum atomic E-state index is 9.57. The van der Waals surface area contributed by atoms with Gasteiger partial charge in [0.15, 0.2) is 5.79 Å². The Hall–Kier alpha value is -0.120. The standard InChI is InChI=1S/C9H16O3/c1-3-9-6(2)4-7(10)8(12-9)5-11-9/h6-8,10H,3-5H2,1-2H3/t6-,7-,8+,9+/m0/s1. The Bertz CT molecular complexity index is 183. The van der Waals surface area contributed by atoms with Crippen LogP contribution in [-0.4, -0.2) is 29.7 Å². The van der Waals surface area contributed by atoms with E-state index in [1.165, 1.54) is 0 Å². The van der Waals surface area contributed by atoms with Crippen molar-refractivity contribution in [3.8, 4) is 0 Å². The molecule has 0 spiro atoms. The Morgan fingerprint density at radius 3 is 3.00 bits per heavy atom. The molecule has 0 aromatic carbocycles. The third-order valence-electron chi connectivity index (χ3n) is 3.11. The summed E-state index contributed by atoms with van der Waals surface area (Å²) in [4.78, 5) is 0. The molecule has 3 heteroatoms. The molecule has 12 heavy (non-hydrogen) atoms. The molecule has 70 valence electrons. The number of ether oxygens (including phenoxy) is 2. The second-order valence-electron chi connectivity index (χ2n) is 3.84. The number of hydrogen-bond donors (Lipinski definition) is 1. The predicted molar refractivity (Wildman–Crippen MR) is 43.6 cm³/mol. The quantitative estimate of drug-likeness (QED) is 0.639. The minimum absolute atomic E-state index is 0.0823. The van der Waals surface area contributed by atoms with Crippen LogP contribution in [0.1, 0.15) is 26.7 Å². The normalized spacial score (nSPS) is 52.8. The van der Waals surface area contributed by atoms with Crippen molar-refractivity contribution < 1.29 is 14.6 Å². The highest BCUT2D eigenvalue weighted by Crippen LogP contribution is 2.42. The van der Waals surface area contributed by atoms with E-state index in [0.717, 1.165) is 12.8 Å². The van der Waals surface area contributed by atoms with Gasteiger partial charge in [0.25, 0.3) is 0 Å². The summed E-state index contributed by atoms with van der Waals surface area (Å²) >= 11 is 0. The van der Waals surface area contributed by atoms with Crippen molar-refractivity contribution >= 4 is 0 Å². The number of rotatable bonds is 1. The summed E-state index contributed by atoms with van der Waals surface area (Å²) in [6, 6.07) is 0. The van der Waals surface area contributed by atoms with Crippen LogP contribution in [-0.2, 0) is 9.47 Å². The van der Waals surface area contributed by atoms with Crippen LogP contribution in [0.5, 0.6) is 0 Å². The van der Waals surface area contributed by atoms with Crippen LogP contribution in [0.4, 0.5) is 0 Å². The molecule has 2 fully saturated rings. The van der Waals surface area contributed by atoms with E-state index in [0.29, 0.717) is 12.5 Å². The summed E-state index contributed by atoms with van der Waals surface area (Å²) in [5.74, 6) is -0.0829. The van der Waals surface area contributed by atoms with Crippen molar-refractivity contribution in [2.75, 3.05) is 6.61 Å². The fraction of sp³-hybridized carbons (Fsp3) is 1.00. The van der Waals surface area contributed by atoms with Gasteiger partial charge in [0, 0.05) is 5.92 Å². The summed E-state index contributed by atoms with van der Waals surface area (Å²) < 4.78 is 11.3. The Labute approximate surface area is 72.7 Å². The van der Waals surface area contributed by atoms with Gasteiger partial charge < -0.3 is 14.6 Å². The zero-order chi connectivity index (χ0) is 8.77. The van der Waals surface area contributed by atoms with E-state index in [4.69, 9.17) is 9.47 Å². The SMILES string of the molecule is CC[C@@]12OC[C@@H](O1)[C@@H](O)C[C@@H]2C. The lowest BCUT2D eigenvalue weighted by atomic mass is 9.89. The number of aliphatic hydroxyl groups is 1. The first-order chi connectivity index (χ1) is 5.68. The molecular formula is C9H16O3. The van der Waals surface area contributed by atoms with E-state index >= 15 is 0 Å². The van der Waals surface area contributed by atoms with E-state index in [1.807, 2.05) is 0 Å². The van der Waals surface area contributed by atoms with Gasteiger partial charge in [-0.2, -0.15) is 0 Å². The summed E-state index contributed by atoms with van der Waals surface area (Å²) in [5.41, 5.74) is 0. The summed E-state index contributed by atoms with van der Waals surface area (Å²) in [5, 5.41) is 9.57. The van der Waals surface area contributed by atoms with Crippen LogP contribution in [0.2, 0.25) is 0 Å². The first-order valence-corrected chi connectivity index (χ1v) is 4.68. The predicted octanol–water partition coefficient (Wildman–Crippen LogP) is 0.909. The van der Waals surface area contributed by atoms with Crippen molar-refractivity contribution in [3.63, 3.8) is 0 Å². The molecule has 0 aromatic heterocycles. The second-order valence-corrected chi connectivity index (χ2v) is 3.84. The molecule has 0 aliphatic carbocycles. The van der Waals surface area contributed by atoms with Gasteiger partial charge in [0.2, 0.25) is 0 Å². The minimum Gasteiger partial charge on any atom is -0.390 e. The molecule has 0 radical (unpaired) electrons. The molecule has 2 rings (SSSR count). The van der Waals surface area contributed by atoms with Crippen LogP contribution >= 0.6 is 0 Å². The van der Waals surface area contributed by atoms with Gasteiger partial charge in [0.05, 0.1) is 12.7 Å². The Morgan fingerprint density at radius 1 is 1.58 bits per heavy atom. The average Bonchev–Trinajstić information content (AvgIpc) is 2.44. The maximum absolute atomic E-state index is 9.57. The Balaban J connectivity index is 2.18. The third-order valence-corrected chi connectivity index (χ3v) is 3.11. The first-order valence-electron chi connectivity index (χ1n) is 4.68. The van der Waals surface area contributed by atoms with E-state index < -0.39 is 0 Å². The maximum Gasteiger partial charge on any atom is 0.171 e. The van der Waals surface area contributed by atoms with Crippen LogP contribution < -0.4 is 0 Å². The number of aliphatic hydroxyl groups excluding tert-OH is 1. The van der Waals surface area contributed by atoms with Gasteiger partial charge in [0.1, 0.15) is 6.10 Å². The molecule has 4 atom stereocenters. The Morgan fingerprint density at radius 2 is 2.33 bits per heavy atom. The second kappa shape index (κ2) is 2.69. The van der Waals surface area contributed by atoms with E-state index in [1.54, 1.807) is 0 Å². The summed E-state index contributed by atoms with van der Waals surface area (Å²) in [7, 11) is 0. The molecule has 0 unspecified atom stereocenters. The highest BCUT2D eigenvalue weighted by molar-refractivity contribution is 4.92. The third kappa shape index (κ3) is 1.00. The first kappa shape index (κ1) is 8.48. The molecule has 2 heterocycles. The number of hydrogen-bond acceptors (Lipinski definition) is 3. The van der Waals surface area contributed by atoms with Crippen LogP contribution in [0.15, 0.2) is 0 Å². The van der Waals surface area contributed by atoms with Crippen LogP contribution in [0.3, 0.4) is 0 Å². The van der Waals surface area contributed by atoms with Gasteiger partial charge in [-0.05, 0) is 12.8 Å². The zero-order valence-corrected chi connectivity index (χ0v) is 7.62. The largest absolute Gasteiger partial charge is 0.390 e. The molecule has 0 aromatic rings. The van der Waals surface area contributed by atoms with Crippen molar-refractivity contribution in [2.24, 2.45) is 5.92 Å². The molecule has 2 saturated heterocycles. The van der Waals surface area contributed by atoms with Crippen molar-refractivity contribution in [1.29, 1.82) is 0 Å². The van der Waals surface area contributed by atoms with Gasteiger partial charge in [-0.1, -0.05) is 13.8 Å².